The molecule has 0 saturated heterocycles. The van der Waals surface area contributed by atoms with Crippen LogP contribution in [-0.4, -0.2) is 11.7 Å². The SMILES string of the molecule is C=CCc1ccc2c3ccc(OC)cc3n(C)c2c1. The lowest BCUT2D eigenvalue weighted by Crippen LogP contribution is -1.89. The van der Waals surface area contributed by atoms with Crippen LogP contribution in [0.5, 0.6) is 5.75 Å². The first-order chi connectivity index (χ1) is 9.24. The highest BCUT2D eigenvalue weighted by Gasteiger charge is 2.09. The summed E-state index contributed by atoms with van der Waals surface area (Å²) in [6.45, 7) is 3.80. The summed E-state index contributed by atoms with van der Waals surface area (Å²) in [7, 11) is 3.80. The summed E-state index contributed by atoms with van der Waals surface area (Å²) >= 11 is 0. The molecule has 0 aliphatic heterocycles. The molecule has 0 spiro atoms. The zero-order chi connectivity index (χ0) is 13.4. The van der Waals surface area contributed by atoms with Gasteiger partial charge in [-0.15, -0.1) is 6.58 Å². The second-order valence-electron chi connectivity index (χ2n) is 4.79. The van der Waals surface area contributed by atoms with Crippen molar-refractivity contribution in [2.75, 3.05) is 7.11 Å². The van der Waals surface area contributed by atoms with Gasteiger partial charge in [0.2, 0.25) is 0 Å². The standard InChI is InChI=1S/C17H17NO/c1-4-5-12-6-8-14-15-9-7-13(19-3)11-17(15)18(2)16(14)10-12/h4,6-11H,1,5H2,2-3H3. The van der Waals surface area contributed by atoms with Crippen LogP contribution in [0.25, 0.3) is 21.8 Å². The molecule has 2 nitrogen and oxygen atoms in total. The fraction of sp³-hybridized carbons (Fsp3) is 0.176. The van der Waals surface area contributed by atoms with Gasteiger partial charge in [-0.3, -0.25) is 0 Å². The summed E-state index contributed by atoms with van der Waals surface area (Å²) in [4.78, 5) is 0. The Balaban J connectivity index is 2.34. The number of aryl methyl sites for hydroxylation is 1. The van der Waals surface area contributed by atoms with E-state index in [1.807, 2.05) is 12.1 Å². The van der Waals surface area contributed by atoms with Gasteiger partial charge in [-0.25, -0.2) is 0 Å². The predicted octanol–water partition coefficient (Wildman–Crippen LogP) is 4.07. The minimum absolute atomic E-state index is 0.893. The van der Waals surface area contributed by atoms with Crippen LogP contribution in [0.3, 0.4) is 0 Å². The van der Waals surface area contributed by atoms with Crippen molar-refractivity contribution >= 4 is 21.8 Å². The highest BCUT2D eigenvalue weighted by Crippen LogP contribution is 2.31. The van der Waals surface area contributed by atoms with E-state index < -0.39 is 0 Å². The third-order valence-corrected chi connectivity index (χ3v) is 3.66. The molecule has 19 heavy (non-hydrogen) atoms. The summed E-state index contributed by atoms with van der Waals surface area (Å²) in [6, 6.07) is 12.8. The third-order valence-electron chi connectivity index (χ3n) is 3.66. The van der Waals surface area contributed by atoms with Crippen molar-refractivity contribution < 1.29 is 4.74 Å². The van der Waals surface area contributed by atoms with E-state index in [4.69, 9.17) is 4.74 Å². The molecular formula is C17H17NO. The Morgan fingerprint density at radius 1 is 1.11 bits per heavy atom. The molecule has 3 aromatic rings. The zero-order valence-corrected chi connectivity index (χ0v) is 11.3. The van der Waals surface area contributed by atoms with Crippen LogP contribution < -0.4 is 4.74 Å². The maximum atomic E-state index is 5.31. The van der Waals surface area contributed by atoms with Crippen molar-refractivity contribution in [3.8, 4) is 5.75 Å². The van der Waals surface area contributed by atoms with Gasteiger partial charge in [0.1, 0.15) is 5.75 Å². The Morgan fingerprint density at radius 3 is 2.47 bits per heavy atom. The van der Waals surface area contributed by atoms with E-state index in [0.29, 0.717) is 0 Å². The van der Waals surface area contributed by atoms with Crippen LogP contribution in [-0.2, 0) is 13.5 Å². The quantitative estimate of drug-likeness (QED) is 0.640. The Morgan fingerprint density at radius 2 is 1.79 bits per heavy atom. The van der Waals surface area contributed by atoms with Crippen LogP contribution in [0.2, 0.25) is 0 Å². The number of methoxy groups -OCH3 is 1. The van der Waals surface area contributed by atoms with Crippen LogP contribution >= 0.6 is 0 Å². The average Bonchev–Trinajstić information content (AvgIpc) is 2.72. The van der Waals surface area contributed by atoms with Gasteiger partial charge in [-0.05, 0) is 30.2 Å². The molecule has 0 amide bonds. The van der Waals surface area contributed by atoms with Crippen LogP contribution in [0.15, 0.2) is 49.1 Å². The number of allylic oxidation sites excluding steroid dienone is 1. The minimum atomic E-state index is 0.893. The van der Waals surface area contributed by atoms with Gasteiger partial charge in [0, 0.05) is 29.4 Å². The molecule has 0 N–H and O–H groups in total. The normalized spacial score (nSPS) is 11.1. The Labute approximate surface area is 112 Å². The summed E-state index contributed by atoms with van der Waals surface area (Å²) in [5.74, 6) is 0.893. The molecule has 2 heteroatoms. The third kappa shape index (κ3) is 1.80. The molecule has 0 saturated carbocycles. The predicted molar refractivity (Wildman–Crippen MR) is 80.9 cm³/mol. The number of hydrogen-bond acceptors (Lipinski definition) is 1. The van der Waals surface area contributed by atoms with Gasteiger partial charge in [0.25, 0.3) is 0 Å². The van der Waals surface area contributed by atoms with Gasteiger partial charge >= 0.3 is 0 Å². The van der Waals surface area contributed by atoms with Crippen LogP contribution in [0.1, 0.15) is 5.56 Å². The molecular weight excluding hydrogens is 234 g/mol. The lowest BCUT2D eigenvalue weighted by Gasteiger charge is -2.01. The molecule has 96 valence electrons. The van der Waals surface area contributed by atoms with Crippen molar-refractivity contribution in [2.24, 2.45) is 7.05 Å². The lowest BCUT2D eigenvalue weighted by atomic mass is 10.1. The molecule has 1 heterocycles. The van der Waals surface area contributed by atoms with Gasteiger partial charge in [-0.1, -0.05) is 18.2 Å². The van der Waals surface area contributed by atoms with Crippen molar-refractivity contribution in [2.45, 2.75) is 6.42 Å². The van der Waals surface area contributed by atoms with E-state index in [2.05, 4.69) is 48.5 Å². The van der Waals surface area contributed by atoms with Crippen molar-refractivity contribution in [3.63, 3.8) is 0 Å². The number of rotatable bonds is 3. The number of hydrogen-bond donors (Lipinski definition) is 0. The van der Waals surface area contributed by atoms with Crippen LogP contribution in [0.4, 0.5) is 0 Å². The molecule has 0 aliphatic rings. The molecule has 0 radical (unpaired) electrons. The molecule has 0 atom stereocenters. The first-order valence-corrected chi connectivity index (χ1v) is 6.40. The highest BCUT2D eigenvalue weighted by molar-refractivity contribution is 6.08. The smallest absolute Gasteiger partial charge is 0.120 e. The number of aromatic nitrogens is 1. The van der Waals surface area contributed by atoms with Gasteiger partial charge < -0.3 is 9.30 Å². The largest absolute Gasteiger partial charge is 0.497 e. The lowest BCUT2D eigenvalue weighted by molar-refractivity contribution is 0.415. The highest BCUT2D eigenvalue weighted by atomic mass is 16.5. The molecule has 0 bridgehead atoms. The topological polar surface area (TPSA) is 14.2 Å². The first kappa shape index (κ1) is 11.8. The molecule has 2 aromatic carbocycles. The number of nitrogens with zero attached hydrogens (tertiary/aromatic N) is 1. The number of fused-ring (bicyclic) bond motifs is 3. The van der Waals surface area contributed by atoms with Crippen molar-refractivity contribution in [1.82, 2.24) is 4.57 Å². The number of benzene rings is 2. The fourth-order valence-electron chi connectivity index (χ4n) is 2.65. The van der Waals surface area contributed by atoms with E-state index in [1.165, 1.54) is 27.4 Å². The fourth-order valence-corrected chi connectivity index (χ4v) is 2.65. The van der Waals surface area contributed by atoms with Crippen molar-refractivity contribution in [1.29, 1.82) is 0 Å². The second kappa shape index (κ2) is 4.47. The van der Waals surface area contributed by atoms with E-state index >= 15 is 0 Å². The van der Waals surface area contributed by atoms with E-state index in [0.717, 1.165) is 12.2 Å². The molecule has 0 fully saturated rings. The summed E-state index contributed by atoms with van der Waals surface area (Å²) in [6.07, 6.45) is 2.84. The molecule has 0 unspecified atom stereocenters. The minimum Gasteiger partial charge on any atom is -0.497 e. The van der Waals surface area contributed by atoms with E-state index in [9.17, 15) is 0 Å². The monoisotopic (exact) mass is 251 g/mol. The number of ether oxygens (including phenoxy) is 1. The summed E-state index contributed by atoms with van der Waals surface area (Å²) in [5.41, 5.74) is 3.74. The maximum absolute atomic E-state index is 5.31. The van der Waals surface area contributed by atoms with E-state index in [-0.39, 0.29) is 0 Å². The summed E-state index contributed by atoms with van der Waals surface area (Å²) in [5, 5.41) is 2.55. The van der Waals surface area contributed by atoms with Gasteiger partial charge in [0.15, 0.2) is 0 Å². The average molecular weight is 251 g/mol. The first-order valence-electron chi connectivity index (χ1n) is 6.40. The van der Waals surface area contributed by atoms with Crippen LogP contribution in [0, 0.1) is 0 Å². The molecule has 1 aromatic heterocycles. The van der Waals surface area contributed by atoms with E-state index in [1.54, 1.807) is 7.11 Å². The van der Waals surface area contributed by atoms with Crippen molar-refractivity contribution in [3.05, 3.63) is 54.6 Å². The molecule has 3 rings (SSSR count). The van der Waals surface area contributed by atoms with Gasteiger partial charge in [-0.2, -0.15) is 0 Å². The molecule has 0 aliphatic carbocycles. The Hall–Kier alpha value is -2.22. The maximum Gasteiger partial charge on any atom is 0.120 e. The van der Waals surface area contributed by atoms with Gasteiger partial charge in [0.05, 0.1) is 12.6 Å². The second-order valence-corrected chi connectivity index (χ2v) is 4.79. The zero-order valence-electron chi connectivity index (χ0n) is 11.3. The Bertz CT molecular complexity index is 768. The Kier molecular flexibility index (Phi) is 2.79. The summed E-state index contributed by atoms with van der Waals surface area (Å²) < 4.78 is 7.53.